The molecule has 5 rings (SSSR count). The highest BCUT2D eigenvalue weighted by atomic mass is 19.4. The Hall–Kier alpha value is -3.04. The molecule has 1 aliphatic heterocycles. The van der Waals surface area contributed by atoms with Gasteiger partial charge in [0.05, 0.1) is 5.92 Å². The average molecular weight is 582 g/mol. The van der Waals surface area contributed by atoms with Gasteiger partial charge in [-0.05, 0) is 99.1 Å². The number of carbonyl (C=O) groups is 2. The predicted octanol–water partition coefficient (Wildman–Crippen LogP) is 6.89. The molecule has 1 saturated heterocycles. The van der Waals surface area contributed by atoms with Gasteiger partial charge < -0.3 is 10.0 Å². The molecule has 222 valence electrons. The fourth-order valence-electron chi connectivity index (χ4n) is 7.17. The SMILES string of the molecule is Cc1ccc(CC23CCN(C(=O)[C@]4(F)CC[C@@H](C(=O)O)CC4)C2CCc2cc(C(C)(F)C(F)(F)F)ccc23)cc1F. The third kappa shape index (κ3) is 4.91. The van der Waals surface area contributed by atoms with Gasteiger partial charge in [0.2, 0.25) is 5.67 Å². The summed E-state index contributed by atoms with van der Waals surface area (Å²) in [5, 5.41) is 9.30. The monoisotopic (exact) mass is 581 g/mol. The molecule has 2 fully saturated rings. The van der Waals surface area contributed by atoms with Crippen LogP contribution in [-0.2, 0) is 33.5 Å². The van der Waals surface area contributed by atoms with E-state index in [4.69, 9.17) is 0 Å². The molecule has 4 nitrogen and oxygen atoms in total. The molecular weight excluding hydrogens is 548 g/mol. The summed E-state index contributed by atoms with van der Waals surface area (Å²) in [6.07, 6.45) is -4.20. The number of hydrogen-bond acceptors (Lipinski definition) is 2. The van der Waals surface area contributed by atoms with Crippen LogP contribution in [0.25, 0.3) is 0 Å². The van der Waals surface area contributed by atoms with Crippen molar-refractivity contribution in [1.82, 2.24) is 4.90 Å². The van der Waals surface area contributed by atoms with Crippen molar-refractivity contribution in [3.8, 4) is 0 Å². The lowest BCUT2D eigenvalue weighted by molar-refractivity contribution is -0.228. The number of alkyl halides is 5. The molecule has 2 aliphatic carbocycles. The first kappa shape index (κ1) is 29.5. The van der Waals surface area contributed by atoms with Gasteiger partial charge in [-0.25, -0.2) is 13.2 Å². The maximum absolute atomic E-state index is 16.1. The molecule has 3 atom stereocenters. The van der Waals surface area contributed by atoms with Crippen LogP contribution in [0, 0.1) is 18.7 Å². The molecule has 10 heteroatoms. The molecule has 2 aromatic carbocycles. The molecule has 0 bridgehead atoms. The largest absolute Gasteiger partial charge is 0.481 e. The van der Waals surface area contributed by atoms with E-state index >= 15 is 4.39 Å². The molecule has 3 aliphatic rings. The van der Waals surface area contributed by atoms with Gasteiger partial charge in [-0.15, -0.1) is 0 Å². The number of likely N-dealkylation sites (tertiary alicyclic amines) is 1. The van der Waals surface area contributed by atoms with Crippen LogP contribution < -0.4 is 0 Å². The van der Waals surface area contributed by atoms with Crippen LogP contribution in [0.5, 0.6) is 0 Å². The second-order valence-corrected chi connectivity index (χ2v) is 12.2. The number of carboxylic acids is 1. The molecule has 0 spiro atoms. The number of fused-ring (bicyclic) bond motifs is 3. The summed E-state index contributed by atoms with van der Waals surface area (Å²) in [5.74, 6) is -2.82. The van der Waals surface area contributed by atoms with Crippen LogP contribution in [0.1, 0.15) is 73.3 Å². The lowest BCUT2D eigenvalue weighted by Crippen LogP contribution is -2.55. The number of aryl methyl sites for hydroxylation is 2. The minimum atomic E-state index is -5.11. The summed E-state index contributed by atoms with van der Waals surface area (Å²) in [6.45, 7) is 2.30. The molecule has 3 unspecified atom stereocenters. The van der Waals surface area contributed by atoms with Crippen LogP contribution in [0.15, 0.2) is 36.4 Å². The van der Waals surface area contributed by atoms with E-state index in [1.165, 1.54) is 23.1 Å². The Morgan fingerprint density at radius 2 is 1.71 bits per heavy atom. The summed E-state index contributed by atoms with van der Waals surface area (Å²) in [5.41, 5.74) is -4.84. The van der Waals surface area contributed by atoms with Gasteiger partial charge in [-0.3, -0.25) is 9.59 Å². The van der Waals surface area contributed by atoms with Gasteiger partial charge in [0.25, 0.3) is 5.91 Å². The van der Waals surface area contributed by atoms with Gasteiger partial charge in [-0.2, -0.15) is 13.2 Å². The van der Waals surface area contributed by atoms with E-state index < -0.39 is 58.1 Å². The summed E-state index contributed by atoms with van der Waals surface area (Å²) in [4.78, 5) is 26.6. The highest BCUT2D eigenvalue weighted by molar-refractivity contribution is 5.86. The standard InChI is InChI=1S/C31H33F6NO3/c1-18-3-4-19(15-24(18)32)17-29-13-14-38(27(41)30(34)11-9-20(10-12-30)26(39)40)25(29)8-5-21-16-22(6-7-23(21)29)28(2,33)31(35,36)37/h3-4,6-7,15-16,20,25H,5,8-14,17H2,1-2H3,(H,39,40)/t20-,25?,28?,29?,30+. The van der Waals surface area contributed by atoms with Crippen molar-refractivity contribution in [3.05, 3.63) is 70.0 Å². The molecular formula is C31H33F6NO3. The van der Waals surface area contributed by atoms with Gasteiger partial charge in [0.15, 0.2) is 5.67 Å². The number of halogens is 6. The Morgan fingerprint density at radius 1 is 1.02 bits per heavy atom. The van der Waals surface area contributed by atoms with Crippen molar-refractivity contribution in [2.45, 2.75) is 94.2 Å². The first-order chi connectivity index (χ1) is 19.1. The first-order valence-electron chi connectivity index (χ1n) is 14.0. The number of nitrogens with zero attached hydrogens (tertiary/aromatic N) is 1. The Bertz CT molecular complexity index is 1360. The van der Waals surface area contributed by atoms with Crippen LogP contribution in [0.4, 0.5) is 26.3 Å². The Kier molecular flexibility index (Phi) is 7.22. The number of hydrogen-bond donors (Lipinski definition) is 1. The molecule has 1 saturated carbocycles. The third-order valence-electron chi connectivity index (χ3n) is 9.74. The van der Waals surface area contributed by atoms with E-state index in [1.807, 2.05) is 0 Å². The van der Waals surface area contributed by atoms with Crippen LogP contribution >= 0.6 is 0 Å². The zero-order chi connectivity index (χ0) is 30.0. The predicted molar refractivity (Wildman–Crippen MR) is 139 cm³/mol. The molecule has 0 radical (unpaired) electrons. The Balaban J connectivity index is 1.53. The van der Waals surface area contributed by atoms with Crippen LogP contribution in [-0.4, -0.2) is 46.3 Å². The first-order valence-corrected chi connectivity index (χ1v) is 14.0. The van der Waals surface area contributed by atoms with E-state index in [-0.39, 0.29) is 45.1 Å². The molecule has 41 heavy (non-hydrogen) atoms. The smallest absolute Gasteiger partial charge is 0.426 e. The molecule has 0 aromatic heterocycles. The van der Waals surface area contributed by atoms with Gasteiger partial charge >= 0.3 is 12.1 Å². The second kappa shape index (κ2) is 10.1. The zero-order valence-electron chi connectivity index (χ0n) is 23.0. The fourth-order valence-corrected chi connectivity index (χ4v) is 7.17. The number of rotatable bonds is 5. The number of aliphatic carboxylic acids is 1. The van der Waals surface area contributed by atoms with Crippen molar-refractivity contribution in [3.63, 3.8) is 0 Å². The van der Waals surface area contributed by atoms with E-state index in [0.29, 0.717) is 42.0 Å². The summed E-state index contributed by atoms with van der Waals surface area (Å²) >= 11 is 0. The number of benzene rings is 2. The number of carboxylic acid groups (broad SMARTS) is 1. The Labute approximate surface area is 234 Å². The van der Waals surface area contributed by atoms with Gasteiger partial charge in [0, 0.05) is 18.0 Å². The third-order valence-corrected chi connectivity index (χ3v) is 9.74. The maximum Gasteiger partial charge on any atom is 0.426 e. The van der Waals surface area contributed by atoms with E-state index in [0.717, 1.165) is 6.07 Å². The summed E-state index contributed by atoms with van der Waals surface area (Å²) < 4.78 is 86.0. The van der Waals surface area contributed by atoms with E-state index in [1.54, 1.807) is 19.1 Å². The molecule has 1 amide bonds. The van der Waals surface area contributed by atoms with E-state index in [9.17, 15) is 36.6 Å². The lowest BCUT2D eigenvalue weighted by Gasteiger charge is -2.45. The quantitative estimate of drug-likeness (QED) is 0.391. The molecule has 1 heterocycles. The number of amides is 1. The summed E-state index contributed by atoms with van der Waals surface area (Å²) in [7, 11) is 0. The van der Waals surface area contributed by atoms with E-state index in [2.05, 4.69) is 0 Å². The lowest BCUT2D eigenvalue weighted by atomic mass is 9.63. The van der Waals surface area contributed by atoms with Gasteiger partial charge in [-0.1, -0.05) is 30.3 Å². The maximum atomic E-state index is 16.1. The minimum absolute atomic E-state index is 0.0523. The topological polar surface area (TPSA) is 57.6 Å². The highest BCUT2D eigenvalue weighted by Gasteiger charge is 2.58. The van der Waals surface area contributed by atoms with Crippen molar-refractivity contribution in [2.24, 2.45) is 5.92 Å². The van der Waals surface area contributed by atoms with Crippen molar-refractivity contribution in [1.29, 1.82) is 0 Å². The average Bonchev–Trinajstić information content (AvgIpc) is 3.28. The normalized spacial score (nSPS) is 29.4. The zero-order valence-corrected chi connectivity index (χ0v) is 23.0. The number of carbonyl (C=O) groups excluding carboxylic acids is 1. The summed E-state index contributed by atoms with van der Waals surface area (Å²) in [6, 6.07) is 8.15. The molecule has 2 aromatic rings. The van der Waals surface area contributed by atoms with Crippen LogP contribution in [0.2, 0.25) is 0 Å². The molecule has 1 N–H and O–H groups in total. The van der Waals surface area contributed by atoms with Gasteiger partial charge in [0.1, 0.15) is 5.82 Å². The van der Waals surface area contributed by atoms with Crippen molar-refractivity contribution >= 4 is 11.9 Å². The fraction of sp³-hybridized carbons (Fsp3) is 0.548. The second-order valence-electron chi connectivity index (χ2n) is 12.2. The minimum Gasteiger partial charge on any atom is -0.481 e. The highest BCUT2D eigenvalue weighted by Crippen LogP contribution is 2.52. The Morgan fingerprint density at radius 3 is 2.32 bits per heavy atom. The van der Waals surface area contributed by atoms with Crippen molar-refractivity contribution in [2.75, 3.05) is 6.54 Å². The van der Waals surface area contributed by atoms with Crippen LogP contribution in [0.3, 0.4) is 0 Å². The van der Waals surface area contributed by atoms with Crippen molar-refractivity contribution < 1.29 is 41.0 Å².